The fraction of sp³-hybridized carbons (Fsp3) is 0.150. The number of hydrogen-bond acceptors (Lipinski definition) is 4. The molecule has 0 amide bonds. The molecule has 2 N–H and O–H groups in total. The van der Waals surface area contributed by atoms with E-state index in [0.29, 0.717) is 22.1 Å². The van der Waals surface area contributed by atoms with Crippen molar-refractivity contribution >= 4 is 26.8 Å². The van der Waals surface area contributed by atoms with Crippen LogP contribution in [0.1, 0.15) is 28.9 Å². The molecular formula is C20H19NO5S. The van der Waals surface area contributed by atoms with Crippen LogP contribution >= 0.6 is 0 Å². The number of benzene rings is 3. The van der Waals surface area contributed by atoms with Crippen LogP contribution in [0.25, 0.3) is 10.8 Å². The Hall–Kier alpha value is -2.90. The van der Waals surface area contributed by atoms with E-state index in [2.05, 4.69) is 4.72 Å². The van der Waals surface area contributed by atoms with Crippen LogP contribution in [-0.4, -0.2) is 26.6 Å². The van der Waals surface area contributed by atoms with E-state index >= 15 is 0 Å². The highest BCUT2D eigenvalue weighted by atomic mass is 32.2. The molecule has 0 fully saturated rings. The number of carboxylic acids is 1. The van der Waals surface area contributed by atoms with Crippen molar-refractivity contribution in [2.24, 2.45) is 0 Å². The molecule has 0 saturated heterocycles. The Labute approximate surface area is 157 Å². The molecule has 27 heavy (non-hydrogen) atoms. The van der Waals surface area contributed by atoms with Crippen molar-refractivity contribution in [2.75, 3.05) is 7.11 Å². The van der Waals surface area contributed by atoms with Crippen molar-refractivity contribution in [1.29, 1.82) is 0 Å². The van der Waals surface area contributed by atoms with Crippen LogP contribution in [0.15, 0.2) is 65.6 Å². The molecule has 0 spiro atoms. The molecule has 0 heterocycles. The van der Waals surface area contributed by atoms with Gasteiger partial charge in [0.2, 0.25) is 10.0 Å². The highest BCUT2D eigenvalue weighted by Crippen LogP contribution is 2.31. The summed E-state index contributed by atoms with van der Waals surface area (Å²) in [6, 6.07) is 15.8. The van der Waals surface area contributed by atoms with Crippen LogP contribution in [0.4, 0.5) is 0 Å². The van der Waals surface area contributed by atoms with Crippen molar-refractivity contribution in [3.63, 3.8) is 0 Å². The standard InChI is InChI=1S/C20H19NO5S/c1-13(14-6-5-7-15(12-14)20(22)23)21-27(24,25)19-11-10-18(26-2)16-8-3-4-9-17(16)19/h3-13,21H,1-2H3,(H,22,23). The van der Waals surface area contributed by atoms with Crippen LogP contribution < -0.4 is 9.46 Å². The minimum absolute atomic E-state index is 0.105. The van der Waals surface area contributed by atoms with Gasteiger partial charge in [-0.1, -0.05) is 36.4 Å². The fourth-order valence-electron chi connectivity index (χ4n) is 2.96. The molecule has 0 radical (unpaired) electrons. The molecule has 3 aromatic carbocycles. The number of fused-ring (bicyclic) bond motifs is 1. The Morgan fingerprint density at radius 1 is 1.04 bits per heavy atom. The third-order valence-electron chi connectivity index (χ3n) is 4.32. The average Bonchev–Trinajstić information content (AvgIpc) is 2.66. The number of aromatic carboxylic acids is 1. The minimum Gasteiger partial charge on any atom is -0.496 e. The summed E-state index contributed by atoms with van der Waals surface area (Å²) in [6.07, 6.45) is 0. The summed E-state index contributed by atoms with van der Waals surface area (Å²) in [5, 5.41) is 10.4. The van der Waals surface area contributed by atoms with E-state index in [1.54, 1.807) is 43.3 Å². The van der Waals surface area contributed by atoms with Gasteiger partial charge in [-0.2, -0.15) is 0 Å². The Morgan fingerprint density at radius 2 is 1.74 bits per heavy atom. The van der Waals surface area contributed by atoms with Gasteiger partial charge in [-0.25, -0.2) is 17.9 Å². The lowest BCUT2D eigenvalue weighted by molar-refractivity contribution is 0.0696. The number of ether oxygens (including phenoxy) is 1. The topological polar surface area (TPSA) is 92.7 Å². The first kappa shape index (κ1) is 18.9. The summed E-state index contributed by atoms with van der Waals surface area (Å²) in [5.41, 5.74) is 0.671. The van der Waals surface area contributed by atoms with Gasteiger partial charge in [-0.15, -0.1) is 0 Å². The smallest absolute Gasteiger partial charge is 0.335 e. The number of carboxylic acid groups (broad SMARTS) is 1. The third kappa shape index (κ3) is 3.79. The maximum atomic E-state index is 13.0. The number of carbonyl (C=O) groups is 1. The predicted octanol–water partition coefficient (Wildman–Crippen LogP) is 3.59. The lowest BCUT2D eigenvalue weighted by Crippen LogP contribution is -2.27. The zero-order valence-electron chi connectivity index (χ0n) is 14.8. The van der Waals surface area contributed by atoms with E-state index in [1.807, 2.05) is 6.07 Å². The molecule has 0 saturated carbocycles. The van der Waals surface area contributed by atoms with E-state index in [1.165, 1.54) is 25.3 Å². The summed E-state index contributed by atoms with van der Waals surface area (Å²) in [6.45, 7) is 1.67. The van der Waals surface area contributed by atoms with Gasteiger partial charge in [0.25, 0.3) is 0 Å². The second-order valence-electron chi connectivity index (χ2n) is 6.09. The highest BCUT2D eigenvalue weighted by Gasteiger charge is 2.22. The molecule has 1 atom stereocenters. The third-order valence-corrected chi connectivity index (χ3v) is 5.92. The van der Waals surface area contributed by atoms with E-state index in [-0.39, 0.29) is 10.5 Å². The first-order chi connectivity index (χ1) is 12.8. The molecule has 0 aromatic heterocycles. The van der Waals surface area contributed by atoms with Crippen LogP contribution in [0.2, 0.25) is 0 Å². The molecule has 1 unspecified atom stereocenters. The SMILES string of the molecule is COc1ccc(S(=O)(=O)NC(C)c2cccc(C(=O)O)c2)c2ccccc12. The molecule has 3 aromatic rings. The van der Waals surface area contributed by atoms with Gasteiger partial charge in [0.05, 0.1) is 17.6 Å². The van der Waals surface area contributed by atoms with E-state index in [9.17, 15) is 13.2 Å². The zero-order valence-corrected chi connectivity index (χ0v) is 15.7. The second kappa shape index (κ2) is 7.38. The molecule has 3 rings (SSSR count). The highest BCUT2D eigenvalue weighted by molar-refractivity contribution is 7.89. The maximum absolute atomic E-state index is 13.0. The zero-order chi connectivity index (χ0) is 19.6. The summed E-state index contributed by atoms with van der Waals surface area (Å²) in [7, 11) is -2.31. The van der Waals surface area contributed by atoms with Gasteiger partial charge in [0.15, 0.2) is 0 Å². The Bertz CT molecular complexity index is 1110. The predicted molar refractivity (Wildman–Crippen MR) is 103 cm³/mol. The molecule has 6 nitrogen and oxygen atoms in total. The van der Waals surface area contributed by atoms with Gasteiger partial charge in [0, 0.05) is 16.8 Å². The van der Waals surface area contributed by atoms with Crippen LogP contribution in [-0.2, 0) is 10.0 Å². The molecule has 0 bridgehead atoms. The van der Waals surface area contributed by atoms with Gasteiger partial charge in [0.1, 0.15) is 5.75 Å². The summed E-state index contributed by atoms with van der Waals surface area (Å²) in [5.74, 6) is -0.472. The van der Waals surface area contributed by atoms with Gasteiger partial charge < -0.3 is 9.84 Å². The van der Waals surface area contributed by atoms with E-state index < -0.39 is 22.0 Å². The molecule has 140 valence electrons. The average molecular weight is 385 g/mol. The van der Waals surface area contributed by atoms with E-state index in [0.717, 1.165) is 0 Å². The largest absolute Gasteiger partial charge is 0.496 e. The van der Waals surface area contributed by atoms with Crippen molar-refractivity contribution in [1.82, 2.24) is 4.72 Å². The normalized spacial score (nSPS) is 12.7. The quantitative estimate of drug-likeness (QED) is 0.676. The molecule has 0 aliphatic carbocycles. The molecule has 0 aliphatic heterocycles. The summed E-state index contributed by atoms with van der Waals surface area (Å²) >= 11 is 0. The van der Waals surface area contributed by atoms with Crippen LogP contribution in [0, 0.1) is 0 Å². The molecule has 0 aliphatic rings. The number of rotatable bonds is 6. The number of sulfonamides is 1. The number of hydrogen-bond donors (Lipinski definition) is 2. The van der Waals surface area contributed by atoms with Crippen LogP contribution in [0.3, 0.4) is 0 Å². The number of methoxy groups -OCH3 is 1. The molecule has 7 heteroatoms. The lowest BCUT2D eigenvalue weighted by atomic mass is 10.1. The van der Waals surface area contributed by atoms with Gasteiger partial charge >= 0.3 is 5.97 Å². The maximum Gasteiger partial charge on any atom is 0.335 e. The van der Waals surface area contributed by atoms with Crippen molar-refractivity contribution in [3.8, 4) is 5.75 Å². The van der Waals surface area contributed by atoms with Crippen molar-refractivity contribution in [3.05, 3.63) is 71.8 Å². The number of nitrogens with one attached hydrogen (secondary N) is 1. The summed E-state index contributed by atoms with van der Waals surface area (Å²) < 4.78 is 33.9. The summed E-state index contributed by atoms with van der Waals surface area (Å²) in [4.78, 5) is 11.3. The fourth-order valence-corrected chi connectivity index (χ4v) is 4.40. The Kier molecular flexibility index (Phi) is 5.16. The Balaban J connectivity index is 1.99. The first-order valence-corrected chi connectivity index (χ1v) is 9.73. The second-order valence-corrected chi connectivity index (χ2v) is 7.77. The lowest BCUT2D eigenvalue weighted by Gasteiger charge is -2.17. The van der Waals surface area contributed by atoms with E-state index in [4.69, 9.17) is 9.84 Å². The van der Waals surface area contributed by atoms with Gasteiger partial charge in [-0.05, 0) is 36.8 Å². The van der Waals surface area contributed by atoms with Crippen LogP contribution in [0.5, 0.6) is 5.75 Å². The monoisotopic (exact) mass is 385 g/mol. The Morgan fingerprint density at radius 3 is 2.41 bits per heavy atom. The molecular weight excluding hydrogens is 366 g/mol. The van der Waals surface area contributed by atoms with Crippen molar-refractivity contribution in [2.45, 2.75) is 17.9 Å². The van der Waals surface area contributed by atoms with Crippen molar-refractivity contribution < 1.29 is 23.1 Å². The van der Waals surface area contributed by atoms with Gasteiger partial charge in [-0.3, -0.25) is 0 Å². The first-order valence-electron chi connectivity index (χ1n) is 8.25. The minimum atomic E-state index is -3.85.